The summed E-state index contributed by atoms with van der Waals surface area (Å²) in [6.07, 6.45) is 4.39. The first-order valence-electron chi connectivity index (χ1n) is 10.7. The Morgan fingerprint density at radius 2 is 1.91 bits per heavy atom. The van der Waals surface area contributed by atoms with Gasteiger partial charge in [-0.1, -0.05) is 54.8 Å². The van der Waals surface area contributed by atoms with E-state index in [0.29, 0.717) is 28.8 Å². The van der Waals surface area contributed by atoms with E-state index in [1.165, 1.54) is 11.8 Å². The molecule has 1 amide bonds. The normalized spacial score (nSPS) is 14.9. The van der Waals surface area contributed by atoms with Gasteiger partial charge >= 0.3 is 0 Å². The lowest BCUT2D eigenvalue weighted by atomic mass is 9.83. The Hall–Kier alpha value is -3.02. The third kappa shape index (κ3) is 5.15. The van der Waals surface area contributed by atoms with Gasteiger partial charge < -0.3 is 10.1 Å². The average molecular weight is 482 g/mol. The molecule has 0 saturated heterocycles. The largest absolute Gasteiger partial charge is 0.497 e. The van der Waals surface area contributed by atoms with Gasteiger partial charge in [-0.2, -0.15) is 5.26 Å². The second-order valence-corrected chi connectivity index (χ2v) is 9.26. The molecule has 1 heterocycles. The Labute approximate surface area is 202 Å². The molecule has 0 unspecified atom stereocenters. The van der Waals surface area contributed by atoms with Gasteiger partial charge in [0, 0.05) is 11.3 Å². The van der Waals surface area contributed by atoms with Crippen LogP contribution in [0.2, 0.25) is 5.02 Å². The van der Waals surface area contributed by atoms with Crippen LogP contribution in [0.1, 0.15) is 32.1 Å². The van der Waals surface area contributed by atoms with Crippen LogP contribution in [0.15, 0.2) is 53.7 Å². The SMILES string of the molecule is COc1ccc(-n2c(SCC(=O)NC3(C#N)CCCCC3)nnc2-c2ccccc2Cl)cc1. The first-order chi connectivity index (χ1) is 16.0. The van der Waals surface area contributed by atoms with Crippen LogP contribution < -0.4 is 10.1 Å². The first kappa shape index (κ1) is 23.1. The Morgan fingerprint density at radius 3 is 2.58 bits per heavy atom. The van der Waals surface area contributed by atoms with E-state index >= 15 is 0 Å². The number of aromatic nitrogens is 3. The van der Waals surface area contributed by atoms with Crippen molar-refractivity contribution in [3.8, 4) is 28.9 Å². The minimum absolute atomic E-state index is 0.125. The summed E-state index contributed by atoms with van der Waals surface area (Å²) in [5, 5.41) is 22.4. The standard InChI is InChI=1S/C24H24ClN5O2S/c1-32-18-11-9-17(10-12-18)30-22(19-7-3-4-8-20(19)25)28-29-23(30)33-15-21(31)27-24(16-26)13-5-2-6-14-24/h3-4,7-12H,2,5-6,13-15H2,1H3,(H,27,31). The van der Waals surface area contributed by atoms with Crippen LogP contribution in [-0.4, -0.2) is 39.1 Å². The van der Waals surface area contributed by atoms with Crippen molar-refractivity contribution >= 4 is 29.3 Å². The van der Waals surface area contributed by atoms with Crippen molar-refractivity contribution in [1.82, 2.24) is 20.1 Å². The van der Waals surface area contributed by atoms with E-state index in [0.717, 1.165) is 36.3 Å². The molecular weight excluding hydrogens is 458 g/mol. The van der Waals surface area contributed by atoms with Crippen LogP contribution in [0.3, 0.4) is 0 Å². The number of carbonyl (C=O) groups excluding carboxylic acids is 1. The molecule has 0 spiro atoms. The number of nitrogens with one attached hydrogen (secondary N) is 1. The van der Waals surface area contributed by atoms with Gasteiger partial charge in [-0.3, -0.25) is 9.36 Å². The summed E-state index contributed by atoms with van der Waals surface area (Å²) in [4.78, 5) is 12.7. The molecule has 1 aliphatic rings. The summed E-state index contributed by atoms with van der Waals surface area (Å²) >= 11 is 7.71. The summed E-state index contributed by atoms with van der Waals surface area (Å²) in [6.45, 7) is 0. The number of carbonyl (C=O) groups is 1. The summed E-state index contributed by atoms with van der Waals surface area (Å²) in [5.41, 5.74) is 0.797. The fourth-order valence-corrected chi connectivity index (χ4v) is 4.97. The van der Waals surface area contributed by atoms with Crippen molar-refractivity contribution < 1.29 is 9.53 Å². The second-order valence-electron chi connectivity index (χ2n) is 7.91. The zero-order valence-electron chi connectivity index (χ0n) is 18.3. The monoisotopic (exact) mass is 481 g/mol. The molecule has 9 heteroatoms. The van der Waals surface area contributed by atoms with E-state index in [9.17, 15) is 10.1 Å². The van der Waals surface area contributed by atoms with Crippen molar-refractivity contribution in [2.45, 2.75) is 42.8 Å². The number of amides is 1. The van der Waals surface area contributed by atoms with Crippen LogP contribution in [0, 0.1) is 11.3 Å². The molecular formula is C24H24ClN5O2S. The molecule has 1 saturated carbocycles. The highest BCUT2D eigenvalue weighted by Crippen LogP contribution is 2.33. The van der Waals surface area contributed by atoms with Crippen molar-refractivity contribution in [2.24, 2.45) is 0 Å². The molecule has 0 radical (unpaired) electrons. The van der Waals surface area contributed by atoms with Crippen LogP contribution >= 0.6 is 23.4 Å². The number of thioether (sulfide) groups is 1. The van der Waals surface area contributed by atoms with Gasteiger partial charge in [-0.05, 0) is 49.2 Å². The van der Waals surface area contributed by atoms with E-state index in [1.54, 1.807) is 13.2 Å². The molecule has 0 aliphatic heterocycles. The number of nitriles is 1. The van der Waals surface area contributed by atoms with Crippen LogP contribution in [0.25, 0.3) is 17.1 Å². The molecule has 33 heavy (non-hydrogen) atoms. The molecule has 4 rings (SSSR count). The number of halogens is 1. The van der Waals surface area contributed by atoms with E-state index in [2.05, 4.69) is 21.6 Å². The fourth-order valence-electron chi connectivity index (χ4n) is 4.00. The summed E-state index contributed by atoms with van der Waals surface area (Å²) < 4.78 is 7.15. The number of hydrogen-bond acceptors (Lipinski definition) is 6. The number of hydrogen-bond donors (Lipinski definition) is 1. The quantitative estimate of drug-likeness (QED) is 0.475. The van der Waals surface area contributed by atoms with Gasteiger partial charge in [0.05, 0.1) is 24.0 Å². The van der Waals surface area contributed by atoms with Crippen molar-refractivity contribution in [1.29, 1.82) is 5.26 Å². The Balaban J connectivity index is 1.61. The van der Waals surface area contributed by atoms with Crippen LogP contribution in [0.5, 0.6) is 5.75 Å². The first-order valence-corrected chi connectivity index (χ1v) is 12.1. The van der Waals surface area contributed by atoms with Gasteiger partial charge in [-0.15, -0.1) is 10.2 Å². The zero-order valence-corrected chi connectivity index (χ0v) is 19.8. The maximum atomic E-state index is 12.7. The third-order valence-corrected chi connectivity index (χ3v) is 6.97. The van der Waals surface area contributed by atoms with Crippen LogP contribution in [-0.2, 0) is 4.79 Å². The van der Waals surface area contributed by atoms with Crippen molar-refractivity contribution in [2.75, 3.05) is 12.9 Å². The zero-order chi connectivity index (χ0) is 23.3. The highest BCUT2D eigenvalue weighted by atomic mass is 35.5. The van der Waals surface area contributed by atoms with Gasteiger partial charge in [-0.25, -0.2) is 0 Å². The molecule has 1 aromatic heterocycles. The Bertz CT molecular complexity index is 1170. The lowest BCUT2D eigenvalue weighted by Crippen LogP contribution is -2.49. The lowest BCUT2D eigenvalue weighted by Gasteiger charge is -2.31. The van der Waals surface area contributed by atoms with Crippen molar-refractivity contribution in [3.05, 3.63) is 53.6 Å². The van der Waals surface area contributed by atoms with Gasteiger partial charge in [0.15, 0.2) is 11.0 Å². The smallest absolute Gasteiger partial charge is 0.231 e. The van der Waals surface area contributed by atoms with E-state index in [4.69, 9.17) is 16.3 Å². The molecule has 1 N–H and O–H groups in total. The fraction of sp³-hybridized carbons (Fsp3) is 0.333. The molecule has 3 aromatic rings. The summed E-state index contributed by atoms with van der Waals surface area (Å²) in [7, 11) is 1.61. The lowest BCUT2D eigenvalue weighted by molar-refractivity contribution is -0.120. The summed E-state index contributed by atoms with van der Waals surface area (Å²) in [5.74, 6) is 1.25. The number of benzene rings is 2. The maximum Gasteiger partial charge on any atom is 0.231 e. The number of nitrogens with zero attached hydrogens (tertiary/aromatic N) is 4. The number of methoxy groups -OCH3 is 1. The highest BCUT2D eigenvalue weighted by Gasteiger charge is 2.33. The maximum absolute atomic E-state index is 12.7. The molecule has 1 fully saturated rings. The van der Waals surface area contributed by atoms with Gasteiger partial charge in [0.2, 0.25) is 5.91 Å². The molecule has 2 aromatic carbocycles. The second kappa shape index (κ2) is 10.3. The van der Waals surface area contributed by atoms with Gasteiger partial charge in [0.1, 0.15) is 11.3 Å². The minimum atomic E-state index is -0.762. The summed E-state index contributed by atoms with van der Waals surface area (Å²) in [6, 6.07) is 17.3. The predicted molar refractivity (Wildman–Crippen MR) is 129 cm³/mol. The highest BCUT2D eigenvalue weighted by molar-refractivity contribution is 7.99. The Morgan fingerprint density at radius 1 is 1.18 bits per heavy atom. The van der Waals surface area contributed by atoms with Gasteiger partial charge in [0.25, 0.3) is 0 Å². The topological polar surface area (TPSA) is 92.8 Å². The molecule has 0 atom stereocenters. The Kier molecular flexibility index (Phi) is 7.21. The van der Waals surface area contributed by atoms with Crippen LogP contribution in [0.4, 0.5) is 0 Å². The molecule has 7 nitrogen and oxygen atoms in total. The predicted octanol–water partition coefficient (Wildman–Crippen LogP) is 5.03. The van der Waals surface area contributed by atoms with E-state index in [-0.39, 0.29) is 11.7 Å². The number of ether oxygens (including phenoxy) is 1. The molecule has 0 bridgehead atoms. The van der Waals surface area contributed by atoms with Crippen molar-refractivity contribution in [3.63, 3.8) is 0 Å². The van der Waals surface area contributed by atoms with E-state index < -0.39 is 5.54 Å². The third-order valence-electron chi connectivity index (χ3n) is 5.71. The average Bonchev–Trinajstić information content (AvgIpc) is 3.27. The molecule has 1 aliphatic carbocycles. The molecule has 170 valence electrons. The minimum Gasteiger partial charge on any atom is -0.497 e. The van der Waals surface area contributed by atoms with E-state index in [1.807, 2.05) is 47.0 Å². The number of rotatable bonds is 7.